The van der Waals surface area contributed by atoms with Crippen molar-refractivity contribution in [2.75, 3.05) is 13.1 Å². The molecule has 0 aliphatic heterocycles. The maximum Gasteiger partial charge on any atom is 0.122 e. The number of nitrogens with two attached hydrogens (primary N) is 1. The fraction of sp³-hybridized carbons (Fsp3) is 0.765. The summed E-state index contributed by atoms with van der Waals surface area (Å²) < 4.78 is 5.93. The Balaban J connectivity index is 1.79. The number of rotatable bonds is 8. The summed E-state index contributed by atoms with van der Waals surface area (Å²) in [5, 5.41) is 0. The lowest BCUT2D eigenvalue weighted by molar-refractivity contribution is 0.134. The molecule has 0 bridgehead atoms. The fourth-order valence-corrected chi connectivity index (χ4v) is 3.06. The van der Waals surface area contributed by atoms with E-state index in [4.69, 9.17) is 10.2 Å². The van der Waals surface area contributed by atoms with Crippen LogP contribution in [0.2, 0.25) is 0 Å². The highest BCUT2D eigenvalue weighted by Crippen LogP contribution is 2.38. The highest BCUT2D eigenvalue weighted by atomic mass is 16.3. The first-order valence-corrected chi connectivity index (χ1v) is 8.23. The summed E-state index contributed by atoms with van der Waals surface area (Å²) in [5.41, 5.74) is 6.45. The van der Waals surface area contributed by atoms with Gasteiger partial charge in [-0.3, -0.25) is 4.90 Å². The quantitative estimate of drug-likeness (QED) is 0.790. The Kier molecular flexibility index (Phi) is 4.18. The van der Waals surface area contributed by atoms with Gasteiger partial charge in [-0.2, -0.15) is 0 Å². The van der Waals surface area contributed by atoms with Crippen molar-refractivity contribution in [2.45, 2.75) is 58.0 Å². The Hall–Kier alpha value is -0.800. The third-order valence-electron chi connectivity index (χ3n) is 4.70. The van der Waals surface area contributed by atoms with Gasteiger partial charge >= 0.3 is 0 Å². The van der Waals surface area contributed by atoms with Crippen LogP contribution in [0.1, 0.15) is 56.6 Å². The lowest BCUT2D eigenvalue weighted by atomic mass is 10.0. The first kappa shape index (κ1) is 14.2. The molecule has 2 aliphatic rings. The molecule has 112 valence electrons. The van der Waals surface area contributed by atoms with Gasteiger partial charge < -0.3 is 10.2 Å². The SMILES string of the molecule is CCC(N)C(c1ccc(C)o1)N(CC1CC1)CC1CC1. The van der Waals surface area contributed by atoms with E-state index in [0.717, 1.165) is 29.8 Å². The second-order valence-corrected chi connectivity index (χ2v) is 6.81. The van der Waals surface area contributed by atoms with Crippen LogP contribution in [0.5, 0.6) is 0 Å². The summed E-state index contributed by atoms with van der Waals surface area (Å²) in [7, 11) is 0. The van der Waals surface area contributed by atoms with Crippen molar-refractivity contribution in [2.24, 2.45) is 17.6 Å². The predicted octanol–water partition coefficient (Wildman–Crippen LogP) is 3.49. The highest BCUT2D eigenvalue weighted by Gasteiger charge is 2.36. The zero-order chi connectivity index (χ0) is 14.1. The number of furan rings is 1. The van der Waals surface area contributed by atoms with Gasteiger partial charge in [0.15, 0.2) is 0 Å². The summed E-state index contributed by atoms with van der Waals surface area (Å²) in [4.78, 5) is 2.63. The van der Waals surface area contributed by atoms with Crippen molar-refractivity contribution in [1.82, 2.24) is 4.90 Å². The van der Waals surface area contributed by atoms with Crippen LogP contribution in [0.15, 0.2) is 16.5 Å². The molecule has 0 aromatic carbocycles. The van der Waals surface area contributed by atoms with Crippen LogP contribution in [0.4, 0.5) is 0 Å². The summed E-state index contributed by atoms with van der Waals surface area (Å²) in [5.74, 6) is 3.86. The third kappa shape index (κ3) is 3.44. The molecule has 2 unspecified atom stereocenters. The number of hydrogen-bond acceptors (Lipinski definition) is 3. The van der Waals surface area contributed by atoms with E-state index in [1.807, 2.05) is 6.92 Å². The van der Waals surface area contributed by atoms with Crippen LogP contribution < -0.4 is 5.73 Å². The molecule has 0 spiro atoms. The molecule has 0 radical (unpaired) electrons. The zero-order valence-electron chi connectivity index (χ0n) is 12.8. The van der Waals surface area contributed by atoms with Gasteiger partial charge in [0.25, 0.3) is 0 Å². The molecule has 3 heteroatoms. The van der Waals surface area contributed by atoms with Crippen LogP contribution in [0, 0.1) is 18.8 Å². The van der Waals surface area contributed by atoms with E-state index in [0.29, 0.717) is 0 Å². The highest BCUT2D eigenvalue weighted by molar-refractivity contribution is 5.12. The Bertz CT molecular complexity index is 420. The van der Waals surface area contributed by atoms with Gasteiger partial charge in [0, 0.05) is 19.1 Å². The molecule has 2 N–H and O–H groups in total. The Morgan fingerprint density at radius 3 is 2.20 bits per heavy atom. The molecule has 0 amide bonds. The molecule has 20 heavy (non-hydrogen) atoms. The van der Waals surface area contributed by atoms with E-state index in [9.17, 15) is 0 Å². The lowest BCUT2D eigenvalue weighted by Gasteiger charge is -2.34. The molecule has 1 aromatic rings. The Morgan fingerprint density at radius 1 is 1.20 bits per heavy atom. The summed E-state index contributed by atoms with van der Waals surface area (Å²) in [6, 6.07) is 4.62. The standard InChI is InChI=1S/C17H28N2O/c1-3-15(18)17(16-9-4-12(2)20-16)19(10-13-5-6-13)11-14-7-8-14/h4,9,13-15,17H,3,5-8,10-11,18H2,1-2H3. The van der Waals surface area contributed by atoms with Gasteiger partial charge in [-0.25, -0.2) is 0 Å². The third-order valence-corrected chi connectivity index (χ3v) is 4.70. The van der Waals surface area contributed by atoms with Gasteiger partial charge in [0.1, 0.15) is 11.5 Å². The van der Waals surface area contributed by atoms with Crippen molar-refractivity contribution < 1.29 is 4.42 Å². The van der Waals surface area contributed by atoms with Crippen LogP contribution >= 0.6 is 0 Å². The Labute approximate surface area is 122 Å². The molecule has 1 aromatic heterocycles. The average Bonchev–Trinajstić information content (AvgIpc) is 3.34. The number of aryl methyl sites for hydroxylation is 1. The van der Waals surface area contributed by atoms with Crippen molar-refractivity contribution in [1.29, 1.82) is 0 Å². The topological polar surface area (TPSA) is 42.4 Å². The molecular weight excluding hydrogens is 248 g/mol. The smallest absolute Gasteiger partial charge is 0.122 e. The van der Waals surface area contributed by atoms with E-state index < -0.39 is 0 Å². The monoisotopic (exact) mass is 276 g/mol. The van der Waals surface area contributed by atoms with Crippen LogP contribution in [-0.4, -0.2) is 24.0 Å². The van der Waals surface area contributed by atoms with Gasteiger partial charge in [-0.1, -0.05) is 6.92 Å². The summed E-state index contributed by atoms with van der Waals surface area (Å²) in [6.45, 7) is 6.60. The maximum atomic E-state index is 6.45. The molecule has 3 nitrogen and oxygen atoms in total. The molecule has 2 atom stereocenters. The van der Waals surface area contributed by atoms with Crippen molar-refractivity contribution in [3.05, 3.63) is 23.7 Å². The number of nitrogens with zero attached hydrogens (tertiary/aromatic N) is 1. The predicted molar refractivity (Wildman–Crippen MR) is 81.5 cm³/mol. The van der Waals surface area contributed by atoms with Gasteiger partial charge in [0.05, 0.1) is 6.04 Å². The van der Waals surface area contributed by atoms with Crippen molar-refractivity contribution in [3.63, 3.8) is 0 Å². The van der Waals surface area contributed by atoms with Crippen LogP contribution in [0.3, 0.4) is 0 Å². The largest absolute Gasteiger partial charge is 0.465 e. The van der Waals surface area contributed by atoms with Crippen LogP contribution in [-0.2, 0) is 0 Å². The molecule has 0 saturated heterocycles. The molecular formula is C17H28N2O. The molecule has 2 fully saturated rings. The summed E-state index contributed by atoms with van der Waals surface area (Å²) >= 11 is 0. The minimum atomic E-state index is 0.165. The van der Waals surface area contributed by atoms with Crippen LogP contribution in [0.25, 0.3) is 0 Å². The van der Waals surface area contributed by atoms with Crippen molar-refractivity contribution in [3.8, 4) is 0 Å². The zero-order valence-corrected chi connectivity index (χ0v) is 12.8. The van der Waals surface area contributed by atoms with E-state index in [1.165, 1.54) is 38.8 Å². The fourth-order valence-electron chi connectivity index (χ4n) is 3.06. The lowest BCUT2D eigenvalue weighted by Crippen LogP contribution is -2.42. The van der Waals surface area contributed by atoms with E-state index in [-0.39, 0.29) is 12.1 Å². The molecule has 3 rings (SSSR count). The van der Waals surface area contributed by atoms with E-state index in [1.54, 1.807) is 0 Å². The maximum absolute atomic E-state index is 6.45. The minimum absolute atomic E-state index is 0.165. The molecule has 2 aliphatic carbocycles. The number of hydrogen-bond donors (Lipinski definition) is 1. The Morgan fingerprint density at radius 2 is 1.80 bits per heavy atom. The van der Waals surface area contributed by atoms with Gasteiger partial charge in [0.2, 0.25) is 0 Å². The van der Waals surface area contributed by atoms with Gasteiger partial charge in [-0.05, 0) is 63.0 Å². The first-order chi connectivity index (χ1) is 9.67. The average molecular weight is 276 g/mol. The molecule has 1 heterocycles. The molecule has 2 saturated carbocycles. The second kappa shape index (κ2) is 5.90. The van der Waals surface area contributed by atoms with E-state index >= 15 is 0 Å². The van der Waals surface area contributed by atoms with Gasteiger partial charge in [-0.15, -0.1) is 0 Å². The minimum Gasteiger partial charge on any atom is -0.465 e. The van der Waals surface area contributed by atoms with E-state index in [2.05, 4.69) is 24.0 Å². The first-order valence-electron chi connectivity index (χ1n) is 8.23. The second-order valence-electron chi connectivity index (χ2n) is 6.81. The normalized spacial score (nSPS) is 22.2. The summed E-state index contributed by atoms with van der Waals surface area (Å²) in [6.07, 6.45) is 6.58. The van der Waals surface area contributed by atoms with Crippen molar-refractivity contribution >= 4 is 0 Å².